The van der Waals surface area contributed by atoms with Crippen LogP contribution in [0, 0.1) is 6.92 Å². The second kappa shape index (κ2) is 3.21. The summed E-state index contributed by atoms with van der Waals surface area (Å²) in [6.07, 6.45) is 5.64. The van der Waals surface area contributed by atoms with Gasteiger partial charge in [-0.3, -0.25) is 9.78 Å². The molecule has 0 aliphatic heterocycles. The minimum absolute atomic E-state index is 0.145. The number of nitrogens with zero attached hydrogens (tertiary/aromatic N) is 3. The molecule has 4 heteroatoms. The summed E-state index contributed by atoms with van der Waals surface area (Å²) in [4.78, 5) is 19.3. The highest BCUT2D eigenvalue weighted by atomic mass is 16.1. The highest BCUT2D eigenvalue weighted by Crippen LogP contribution is 2.11. The quantitative estimate of drug-likeness (QED) is 0.712. The molecule has 2 aromatic heterocycles. The third-order valence-corrected chi connectivity index (χ3v) is 2.15. The number of hydrogen-bond donors (Lipinski definition) is 0. The van der Waals surface area contributed by atoms with Crippen LogP contribution in [0.25, 0.3) is 5.65 Å². The Morgan fingerprint density at radius 1 is 1.57 bits per heavy atom. The zero-order valence-electron chi connectivity index (χ0n) is 8.19. The summed E-state index contributed by atoms with van der Waals surface area (Å²) < 4.78 is 1.91. The van der Waals surface area contributed by atoms with Crippen LogP contribution in [0.5, 0.6) is 0 Å². The molecule has 0 fully saturated rings. The molecule has 2 aromatic rings. The molecule has 4 nitrogen and oxygen atoms in total. The van der Waals surface area contributed by atoms with Gasteiger partial charge in [-0.15, -0.1) is 0 Å². The van der Waals surface area contributed by atoms with E-state index in [0.717, 1.165) is 17.0 Å². The van der Waals surface area contributed by atoms with E-state index in [1.54, 1.807) is 19.3 Å². The third-order valence-electron chi connectivity index (χ3n) is 2.15. The van der Waals surface area contributed by atoms with Crippen molar-refractivity contribution in [1.29, 1.82) is 0 Å². The lowest BCUT2D eigenvalue weighted by Crippen LogP contribution is -2.01. The molecule has 2 rings (SSSR count). The van der Waals surface area contributed by atoms with Crippen LogP contribution in [-0.2, 0) is 11.2 Å². The molecule has 72 valence electrons. The lowest BCUT2D eigenvalue weighted by molar-refractivity contribution is -0.116. The van der Waals surface area contributed by atoms with E-state index in [-0.39, 0.29) is 5.78 Å². The Hall–Kier alpha value is -1.71. The van der Waals surface area contributed by atoms with Gasteiger partial charge in [0.2, 0.25) is 0 Å². The van der Waals surface area contributed by atoms with Gasteiger partial charge in [0, 0.05) is 18.8 Å². The van der Waals surface area contributed by atoms with Crippen molar-refractivity contribution in [2.24, 2.45) is 0 Å². The SMILES string of the molecule is CC(=O)Cc1c(C)nc2cnccn12. The van der Waals surface area contributed by atoms with Gasteiger partial charge in [-0.1, -0.05) is 0 Å². The van der Waals surface area contributed by atoms with E-state index in [1.807, 2.05) is 17.5 Å². The molecule has 0 spiro atoms. The average molecular weight is 189 g/mol. The topological polar surface area (TPSA) is 47.3 Å². The molecule has 0 atom stereocenters. The first kappa shape index (κ1) is 8.87. The van der Waals surface area contributed by atoms with E-state index in [2.05, 4.69) is 9.97 Å². The molecule has 0 radical (unpaired) electrons. The molecule has 0 saturated carbocycles. The molecular formula is C10H11N3O. The number of hydrogen-bond acceptors (Lipinski definition) is 3. The number of Topliss-reactive ketones (excluding diaryl/α,β-unsaturated/α-hetero) is 1. The second-order valence-corrected chi connectivity index (χ2v) is 3.33. The van der Waals surface area contributed by atoms with Gasteiger partial charge in [-0.2, -0.15) is 0 Å². The summed E-state index contributed by atoms with van der Waals surface area (Å²) in [6.45, 7) is 3.49. The lowest BCUT2D eigenvalue weighted by atomic mass is 10.2. The fourth-order valence-corrected chi connectivity index (χ4v) is 1.52. The van der Waals surface area contributed by atoms with Crippen molar-refractivity contribution in [3.63, 3.8) is 0 Å². The molecule has 2 heterocycles. The van der Waals surface area contributed by atoms with E-state index < -0.39 is 0 Å². The summed E-state index contributed by atoms with van der Waals surface area (Å²) in [5, 5.41) is 0. The first-order valence-electron chi connectivity index (χ1n) is 4.45. The number of aromatic nitrogens is 3. The Morgan fingerprint density at radius 3 is 3.07 bits per heavy atom. The Bertz CT molecular complexity index is 487. The molecule has 0 saturated heterocycles. The van der Waals surface area contributed by atoms with Gasteiger partial charge >= 0.3 is 0 Å². The predicted molar refractivity (Wildman–Crippen MR) is 52.1 cm³/mol. The molecule has 0 aliphatic rings. The summed E-state index contributed by atoms with van der Waals surface area (Å²) in [7, 11) is 0. The van der Waals surface area contributed by atoms with Crippen molar-refractivity contribution in [2.45, 2.75) is 20.3 Å². The van der Waals surface area contributed by atoms with Gasteiger partial charge in [0.15, 0.2) is 5.65 Å². The molecular weight excluding hydrogens is 178 g/mol. The van der Waals surface area contributed by atoms with Gasteiger partial charge in [0.1, 0.15) is 5.78 Å². The number of carbonyl (C=O) groups is 1. The van der Waals surface area contributed by atoms with Crippen molar-refractivity contribution >= 4 is 11.4 Å². The minimum atomic E-state index is 0.145. The summed E-state index contributed by atoms with van der Waals surface area (Å²) in [6, 6.07) is 0. The van der Waals surface area contributed by atoms with Crippen molar-refractivity contribution in [3.8, 4) is 0 Å². The Labute approximate surface area is 81.6 Å². The number of imidazole rings is 1. The standard InChI is InChI=1S/C10H11N3O/c1-7(14)5-9-8(2)12-10-6-11-3-4-13(9)10/h3-4,6H,5H2,1-2H3. The van der Waals surface area contributed by atoms with Crippen molar-refractivity contribution in [3.05, 3.63) is 30.0 Å². The zero-order valence-corrected chi connectivity index (χ0v) is 8.19. The van der Waals surface area contributed by atoms with Gasteiger partial charge in [0.05, 0.1) is 17.6 Å². The number of fused-ring (bicyclic) bond motifs is 1. The summed E-state index contributed by atoms with van der Waals surface area (Å²) in [5.41, 5.74) is 2.64. The number of rotatable bonds is 2. The molecule has 0 aliphatic carbocycles. The molecule has 0 amide bonds. The van der Waals surface area contributed by atoms with Crippen LogP contribution in [0.4, 0.5) is 0 Å². The zero-order chi connectivity index (χ0) is 10.1. The van der Waals surface area contributed by atoms with Gasteiger partial charge < -0.3 is 4.40 Å². The van der Waals surface area contributed by atoms with E-state index in [0.29, 0.717) is 6.42 Å². The first-order valence-corrected chi connectivity index (χ1v) is 4.45. The largest absolute Gasteiger partial charge is 0.301 e. The molecule has 0 bridgehead atoms. The molecule has 0 aromatic carbocycles. The second-order valence-electron chi connectivity index (χ2n) is 3.33. The molecule has 14 heavy (non-hydrogen) atoms. The normalized spacial score (nSPS) is 10.7. The fraction of sp³-hybridized carbons (Fsp3) is 0.300. The van der Waals surface area contributed by atoms with Crippen LogP contribution in [0.1, 0.15) is 18.3 Å². The van der Waals surface area contributed by atoms with E-state index in [4.69, 9.17) is 0 Å². The highest BCUT2D eigenvalue weighted by molar-refractivity contribution is 5.78. The fourth-order valence-electron chi connectivity index (χ4n) is 1.52. The number of ketones is 1. The lowest BCUT2D eigenvalue weighted by Gasteiger charge is -1.98. The van der Waals surface area contributed by atoms with Crippen LogP contribution in [-0.4, -0.2) is 20.2 Å². The third kappa shape index (κ3) is 1.39. The summed E-state index contributed by atoms with van der Waals surface area (Å²) in [5.74, 6) is 0.145. The first-order chi connectivity index (χ1) is 6.68. The molecule has 0 unspecified atom stereocenters. The van der Waals surface area contributed by atoms with Gasteiger partial charge in [0.25, 0.3) is 0 Å². The maximum atomic E-state index is 11.1. The number of aryl methyl sites for hydroxylation is 1. The minimum Gasteiger partial charge on any atom is -0.301 e. The maximum Gasteiger partial charge on any atom is 0.155 e. The predicted octanol–water partition coefficient (Wildman–Crippen LogP) is 1.17. The van der Waals surface area contributed by atoms with Crippen LogP contribution >= 0.6 is 0 Å². The average Bonchev–Trinajstić information content (AvgIpc) is 2.43. The van der Waals surface area contributed by atoms with Crippen LogP contribution in [0.15, 0.2) is 18.6 Å². The monoisotopic (exact) mass is 189 g/mol. The van der Waals surface area contributed by atoms with Crippen LogP contribution < -0.4 is 0 Å². The number of carbonyl (C=O) groups excluding carboxylic acids is 1. The van der Waals surface area contributed by atoms with Gasteiger partial charge in [-0.05, 0) is 13.8 Å². The van der Waals surface area contributed by atoms with Crippen molar-refractivity contribution in [1.82, 2.24) is 14.4 Å². The van der Waals surface area contributed by atoms with E-state index >= 15 is 0 Å². The Morgan fingerprint density at radius 2 is 2.36 bits per heavy atom. The van der Waals surface area contributed by atoms with E-state index in [1.165, 1.54) is 0 Å². The van der Waals surface area contributed by atoms with E-state index in [9.17, 15) is 4.79 Å². The van der Waals surface area contributed by atoms with Gasteiger partial charge in [-0.25, -0.2) is 4.98 Å². The Balaban J connectivity index is 2.62. The summed E-state index contributed by atoms with van der Waals surface area (Å²) >= 11 is 0. The van der Waals surface area contributed by atoms with Crippen LogP contribution in [0.3, 0.4) is 0 Å². The maximum absolute atomic E-state index is 11.1. The highest BCUT2D eigenvalue weighted by Gasteiger charge is 2.09. The van der Waals surface area contributed by atoms with Crippen molar-refractivity contribution < 1.29 is 4.79 Å². The molecule has 0 N–H and O–H groups in total. The smallest absolute Gasteiger partial charge is 0.155 e. The Kier molecular flexibility index (Phi) is 2.04. The van der Waals surface area contributed by atoms with Crippen LogP contribution in [0.2, 0.25) is 0 Å². The van der Waals surface area contributed by atoms with Crippen molar-refractivity contribution in [2.75, 3.05) is 0 Å².